The maximum atomic E-state index is 10.2. The molecule has 0 aromatic heterocycles. The highest BCUT2D eigenvalue weighted by Gasteiger charge is 2.18. The molecule has 1 N–H and O–H groups in total. The molecule has 0 amide bonds. The monoisotopic (exact) mass is 189 g/mol. The van der Waals surface area contributed by atoms with E-state index < -0.39 is 14.2 Å². The van der Waals surface area contributed by atoms with Gasteiger partial charge in [-0.3, -0.25) is 4.79 Å². The highest BCUT2D eigenvalue weighted by Crippen LogP contribution is 2.07. The molecule has 0 unspecified atom stereocenters. The Labute approximate surface area is 75.5 Å². The van der Waals surface area contributed by atoms with E-state index in [1.807, 2.05) is 0 Å². The normalized spacial score (nSPS) is 12.1. The van der Waals surface area contributed by atoms with Crippen LogP contribution in [0.1, 0.15) is 12.8 Å². The summed E-state index contributed by atoms with van der Waals surface area (Å²) in [7, 11) is 0.885. The van der Waals surface area contributed by atoms with Gasteiger partial charge in [0.2, 0.25) is 0 Å². The molecule has 3 nitrogen and oxygen atoms in total. The fourth-order valence-electron chi connectivity index (χ4n) is 0.803. The highest BCUT2D eigenvalue weighted by molar-refractivity contribution is 6.73. The molecule has 0 radical (unpaired) electrons. The number of aliphatic carboxylic acids is 1. The predicted octanol–water partition coefficient (Wildman–Crippen LogP) is 1.62. The number of carbonyl (C=O) groups is 1. The Hall–Kier alpha value is -0.353. The predicted molar refractivity (Wildman–Crippen MR) is 52.8 cm³/mol. The van der Waals surface area contributed by atoms with Crippen LogP contribution in [0.3, 0.4) is 0 Å². The minimum Gasteiger partial charge on any atom is -0.481 e. The third-order valence-electron chi connectivity index (χ3n) is 2.03. The topological polar surface area (TPSA) is 40.5 Å². The van der Waals surface area contributed by atoms with Gasteiger partial charge in [0.25, 0.3) is 0 Å². The zero-order valence-electron chi connectivity index (χ0n) is 8.42. The second-order valence-electron chi connectivity index (χ2n) is 4.09. The van der Waals surface area contributed by atoms with Crippen molar-refractivity contribution in [3.63, 3.8) is 0 Å². The molecule has 0 saturated carbocycles. The van der Waals surface area contributed by atoms with E-state index in [1.54, 1.807) is 0 Å². The van der Waals surface area contributed by atoms with Gasteiger partial charge >= 0.3 is 5.97 Å². The smallest absolute Gasteiger partial charge is 0.303 e. The first kappa shape index (κ1) is 11.6. The van der Waals surface area contributed by atoms with E-state index in [4.69, 9.17) is 5.11 Å². The fourth-order valence-corrected chi connectivity index (χ4v) is 1.63. The van der Waals surface area contributed by atoms with Crippen molar-refractivity contribution >= 4 is 14.2 Å². The summed E-state index contributed by atoms with van der Waals surface area (Å²) in [6.45, 7) is 7.68. The Kier molecular flexibility index (Phi) is 4.48. The summed E-state index contributed by atoms with van der Waals surface area (Å²) in [4.78, 5) is 10.2. The van der Waals surface area contributed by atoms with Crippen LogP contribution in [0.4, 0.5) is 0 Å². The summed E-state index contributed by atoms with van der Waals surface area (Å²) in [6.07, 6.45) is 1.05. The molecule has 0 aliphatic carbocycles. The summed E-state index contributed by atoms with van der Waals surface area (Å²) in [6, 6.07) is 0. The van der Waals surface area contributed by atoms with Gasteiger partial charge in [0, 0.05) is 6.42 Å². The molecule has 0 saturated heterocycles. The second kappa shape index (κ2) is 4.62. The standard InChI is InChI=1S/C8H19NO2Si/c1-9(12(2,3)4)7-5-6-8(10)11/h5-7H2,1-4H3,(H,10,11). The van der Waals surface area contributed by atoms with Crippen molar-refractivity contribution in [3.8, 4) is 0 Å². The molecule has 4 heteroatoms. The van der Waals surface area contributed by atoms with E-state index in [0.29, 0.717) is 0 Å². The molecule has 0 aromatic rings. The number of nitrogens with zero attached hydrogens (tertiary/aromatic N) is 1. The van der Waals surface area contributed by atoms with Crippen LogP contribution in [-0.4, -0.2) is 37.5 Å². The molecule has 0 rings (SSSR count). The van der Waals surface area contributed by atoms with Gasteiger partial charge < -0.3 is 9.67 Å². The highest BCUT2D eigenvalue weighted by atomic mass is 28.3. The van der Waals surface area contributed by atoms with E-state index in [9.17, 15) is 4.79 Å². The summed E-state index contributed by atoms with van der Waals surface area (Å²) >= 11 is 0. The molecule has 12 heavy (non-hydrogen) atoms. The fraction of sp³-hybridized carbons (Fsp3) is 0.875. The Bertz CT molecular complexity index is 154. The minimum atomic E-state index is -1.19. The number of hydrogen-bond acceptors (Lipinski definition) is 2. The number of carboxylic acid groups (broad SMARTS) is 1. The quantitative estimate of drug-likeness (QED) is 0.668. The van der Waals surface area contributed by atoms with Crippen LogP contribution in [0.2, 0.25) is 19.6 Å². The van der Waals surface area contributed by atoms with E-state index >= 15 is 0 Å². The van der Waals surface area contributed by atoms with Crippen molar-refractivity contribution in [2.45, 2.75) is 32.5 Å². The first-order valence-electron chi connectivity index (χ1n) is 4.27. The van der Waals surface area contributed by atoms with Gasteiger partial charge in [-0.2, -0.15) is 0 Å². The lowest BCUT2D eigenvalue weighted by Crippen LogP contribution is -2.43. The summed E-state index contributed by atoms with van der Waals surface area (Å²) in [5.41, 5.74) is 0. The van der Waals surface area contributed by atoms with Crippen LogP contribution >= 0.6 is 0 Å². The van der Waals surface area contributed by atoms with Crippen molar-refractivity contribution in [3.05, 3.63) is 0 Å². The summed E-state index contributed by atoms with van der Waals surface area (Å²) in [5, 5.41) is 8.42. The lowest BCUT2D eigenvalue weighted by Gasteiger charge is -2.29. The molecular weight excluding hydrogens is 170 g/mol. The molecular formula is C8H19NO2Si. The third kappa shape index (κ3) is 5.32. The van der Waals surface area contributed by atoms with Gasteiger partial charge in [0.05, 0.1) is 0 Å². The molecule has 0 fully saturated rings. The van der Waals surface area contributed by atoms with Gasteiger partial charge in [-0.05, 0) is 20.0 Å². The average molecular weight is 189 g/mol. The van der Waals surface area contributed by atoms with Crippen molar-refractivity contribution in [2.24, 2.45) is 0 Å². The molecule has 0 aliphatic heterocycles. The minimum absolute atomic E-state index is 0.287. The lowest BCUT2D eigenvalue weighted by atomic mass is 10.3. The van der Waals surface area contributed by atoms with Crippen LogP contribution in [-0.2, 0) is 4.79 Å². The Morgan fingerprint density at radius 2 is 1.92 bits per heavy atom. The zero-order valence-corrected chi connectivity index (χ0v) is 9.42. The molecule has 72 valence electrons. The van der Waals surface area contributed by atoms with Crippen molar-refractivity contribution in [2.75, 3.05) is 13.6 Å². The summed E-state index contributed by atoms with van der Waals surface area (Å²) in [5.74, 6) is -0.695. The number of hydrogen-bond donors (Lipinski definition) is 1. The Morgan fingerprint density at radius 1 is 1.42 bits per heavy atom. The van der Waals surface area contributed by atoms with Gasteiger partial charge in [0.15, 0.2) is 0 Å². The molecule has 0 heterocycles. The molecule has 0 aromatic carbocycles. The molecule has 0 aliphatic rings. The number of rotatable bonds is 5. The molecule has 0 spiro atoms. The summed E-state index contributed by atoms with van der Waals surface area (Å²) < 4.78 is 2.30. The van der Waals surface area contributed by atoms with Crippen molar-refractivity contribution in [1.29, 1.82) is 0 Å². The maximum absolute atomic E-state index is 10.2. The van der Waals surface area contributed by atoms with Crippen LogP contribution in [0.5, 0.6) is 0 Å². The first-order valence-corrected chi connectivity index (χ1v) is 7.72. The van der Waals surface area contributed by atoms with Crippen LogP contribution < -0.4 is 0 Å². The van der Waals surface area contributed by atoms with Crippen LogP contribution in [0.25, 0.3) is 0 Å². The largest absolute Gasteiger partial charge is 0.481 e. The average Bonchev–Trinajstić information content (AvgIpc) is 1.84. The number of carboxylic acids is 1. The first-order chi connectivity index (χ1) is 5.34. The Morgan fingerprint density at radius 3 is 2.25 bits per heavy atom. The SMILES string of the molecule is CN(CCCC(=O)O)[Si](C)(C)C. The lowest BCUT2D eigenvalue weighted by molar-refractivity contribution is -0.137. The van der Waals surface area contributed by atoms with Crippen molar-refractivity contribution < 1.29 is 9.90 Å². The van der Waals surface area contributed by atoms with E-state index in [1.165, 1.54) is 0 Å². The van der Waals surface area contributed by atoms with Gasteiger partial charge in [-0.15, -0.1) is 0 Å². The van der Waals surface area contributed by atoms with Crippen molar-refractivity contribution in [1.82, 2.24) is 4.57 Å². The van der Waals surface area contributed by atoms with Crippen LogP contribution in [0.15, 0.2) is 0 Å². The zero-order chi connectivity index (χ0) is 9.78. The molecule has 0 atom stereocenters. The van der Waals surface area contributed by atoms with E-state index in [2.05, 4.69) is 31.3 Å². The molecule has 0 bridgehead atoms. The maximum Gasteiger partial charge on any atom is 0.303 e. The van der Waals surface area contributed by atoms with Gasteiger partial charge in [-0.1, -0.05) is 19.6 Å². The van der Waals surface area contributed by atoms with Crippen LogP contribution in [0, 0.1) is 0 Å². The van der Waals surface area contributed by atoms with E-state index in [-0.39, 0.29) is 6.42 Å². The van der Waals surface area contributed by atoms with E-state index in [0.717, 1.165) is 13.0 Å². The Balaban J connectivity index is 3.58. The van der Waals surface area contributed by atoms with Gasteiger partial charge in [-0.25, -0.2) is 0 Å². The second-order valence-corrected chi connectivity index (χ2v) is 9.19. The van der Waals surface area contributed by atoms with Gasteiger partial charge in [0.1, 0.15) is 8.24 Å². The third-order valence-corrected chi connectivity index (χ3v) is 4.54.